The molecule has 0 radical (unpaired) electrons. The van der Waals surface area contributed by atoms with E-state index in [4.69, 9.17) is 9.47 Å². The molecule has 1 aromatic rings. The normalized spacial score (nSPS) is 19.4. The van der Waals surface area contributed by atoms with Crippen molar-refractivity contribution < 1.29 is 14.6 Å². The standard InChI is InChI=1S/C15H22O3/c1-11(2)18-13-7-5-12(6-8-13)14(16)15(17-3)9-4-10-15/h5-8,11,14,16H,4,9-10H2,1-3H3. The average molecular weight is 250 g/mol. The largest absolute Gasteiger partial charge is 0.491 e. The molecule has 2 rings (SSSR count). The van der Waals surface area contributed by atoms with E-state index in [9.17, 15) is 5.11 Å². The number of ether oxygens (including phenoxy) is 2. The Hall–Kier alpha value is -1.06. The van der Waals surface area contributed by atoms with Crippen LogP contribution in [-0.2, 0) is 4.74 Å². The molecule has 0 heterocycles. The van der Waals surface area contributed by atoms with Crippen molar-refractivity contribution in [1.82, 2.24) is 0 Å². The number of benzene rings is 1. The summed E-state index contributed by atoms with van der Waals surface area (Å²) in [5, 5.41) is 10.4. The number of rotatable bonds is 5. The van der Waals surface area contributed by atoms with Crippen LogP contribution in [0.3, 0.4) is 0 Å². The van der Waals surface area contributed by atoms with Crippen molar-refractivity contribution in [3.05, 3.63) is 29.8 Å². The fourth-order valence-corrected chi connectivity index (χ4v) is 2.42. The monoisotopic (exact) mass is 250 g/mol. The molecule has 1 fully saturated rings. The first-order valence-electron chi connectivity index (χ1n) is 6.57. The molecule has 1 aliphatic rings. The van der Waals surface area contributed by atoms with Gasteiger partial charge in [0.25, 0.3) is 0 Å². The van der Waals surface area contributed by atoms with Gasteiger partial charge in [0.15, 0.2) is 0 Å². The van der Waals surface area contributed by atoms with Crippen molar-refractivity contribution in [2.45, 2.75) is 50.9 Å². The summed E-state index contributed by atoms with van der Waals surface area (Å²) in [6.45, 7) is 3.99. The Bertz CT molecular complexity index is 374. The van der Waals surface area contributed by atoms with E-state index >= 15 is 0 Å². The van der Waals surface area contributed by atoms with Crippen LogP contribution < -0.4 is 4.74 Å². The first-order valence-corrected chi connectivity index (χ1v) is 6.57. The van der Waals surface area contributed by atoms with E-state index in [0.717, 1.165) is 30.6 Å². The van der Waals surface area contributed by atoms with Crippen molar-refractivity contribution in [3.63, 3.8) is 0 Å². The second kappa shape index (κ2) is 5.29. The van der Waals surface area contributed by atoms with Gasteiger partial charge in [-0.3, -0.25) is 0 Å². The summed E-state index contributed by atoms with van der Waals surface area (Å²) >= 11 is 0. The van der Waals surface area contributed by atoms with Gasteiger partial charge < -0.3 is 14.6 Å². The number of methoxy groups -OCH3 is 1. The molecule has 0 spiro atoms. The van der Waals surface area contributed by atoms with Gasteiger partial charge in [0, 0.05) is 7.11 Å². The Kier molecular flexibility index (Phi) is 3.93. The number of aliphatic hydroxyl groups excluding tert-OH is 1. The zero-order valence-corrected chi connectivity index (χ0v) is 11.3. The Balaban J connectivity index is 2.09. The molecule has 3 nitrogen and oxygen atoms in total. The van der Waals surface area contributed by atoms with E-state index in [1.807, 2.05) is 38.1 Å². The molecule has 0 aliphatic heterocycles. The predicted molar refractivity (Wildman–Crippen MR) is 70.8 cm³/mol. The van der Waals surface area contributed by atoms with Crippen molar-refractivity contribution in [3.8, 4) is 5.75 Å². The molecule has 1 aromatic carbocycles. The first kappa shape index (κ1) is 13.4. The van der Waals surface area contributed by atoms with Crippen molar-refractivity contribution >= 4 is 0 Å². The molecule has 1 atom stereocenters. The molecule has 1 N–H and O–H groups in total. The van der Waals surface area contributed by atoms with Crippen LogP contribution in [0.1, 0.15) is 44.8 Å². The minimum absolute atomic E-state index is 0.165. The smallest absolute Gasteiger partial charge is 0.119 e. The molecule has 0 bridgehead atoms. The minimum atomic E-state index is -0.552. The lowest BCUT2D eigenvalue weighted by Crippen LogP contribution is -2.45. The fourth-order valence-electron chi connectivity index (χ4n) is 2.42. The van der Waals surface area contributed by atoms with Crippen LogP contribution in [0.4, 0.5) is 0 Å². The summed E-state index contributed by atoms with van der Waals surface area (Å²) in [4.78, 5) is 0. The summed E-state index contributed by atoms with van der Waals surface area (Å²) in [6.07, 6.45) is 2.59. The second-order valence-electron chi connectivity index (χ2n) is 5.26. The van der Waals surface area contributed by atoms with Crippen LogP contribution in [0.25, 0.3) is 0 Å². The van der Waals surface area contributed by atoms with Crippen LogP contribution >= 0.6 is 0 Å². The van der Waals surface area contributed by atoms with Crippen molar-refractivity contribution in [2.75, 3.05) is 7.11 Å². The molecule has 0 saturated heterocycles. The van der Waals surface area contributed by atoms with E-state index in [1.165, 1.54) is 0 Å². The van der Waals surface area contributed by atoms with Gasteiger partial charge in [-0.1, -0.05) is 12.1 Å². The third-order valence-corrected chi connectivity index (χ3v) is 3.67. The average Bonchev–Trinajstić information content (AvgIpc) is 2.28. The SMILES string of the molecule is COC1(C(O)c2ccc(OC(C)C)cc2)CCC1. The molecular weight excluding hydrogens is 228 g/mol. The summed E-state index contributed by atoms with van der Waals surface area (Å²) < 4.78 is 11.1. The molecule has 0 amide bonds. The summed E-state index contributed by atoms with van der Waals surface area (Å²) in [5.74, 6) is 0.834. The van der Waals surface area contributed by atoms with Crippen molar-refractivity contribution in [2.24, 2.45) is 0 Å². The maximum absolute atomic E-state index is 10.4. The lowest BCUT2D eigenvalue weighted by atomic mass is 9.74. The number of aliphatic hydroxyl groups is 1. The third kappa shape index (κ3) is 2.52. The molecule has 100 valence electrons. The second-order valence-corrected chi connectivity index (χ2v) is 5.26. The van der Waals surface area contributed by atoms with E-state index in [0.29, 0.717) is 0 Å². The summed E-state index contributed by atoms with van der Waals surface area (Å²) in [6, 6.07) is 7.64. The van der Waals surface area contributed by atoms with Crippen LogP contribution in [0.2, 0.25) is 0 Å². The highest BCUT2D eigenvalue weighted by Crippen LogP contribution is 2.44. The highest BCUT2D eigenvalue weighted by atomic mass is 16.5. The molecule has 3 heteroatoms. The molecule has 1 saturated carbocycles. The lowest BCUT2D eigenvalue weighted by molar-refractivity contribution is -0.151. The topological polar surface area (TPSA) is 38.7 Å². The zero-order valence-electron chi connectivity index (χ0n) is 11.3. The summed E-state index contributed by atoms with van der Waals surface area (Å²) in [5.41, 5.74) is 0.521. The van der Waals surface area contributed by atoms with Crippen molar-refractivity contribution in [1.29, 1.82) is 0 Å². The van der Waals surface area contributed by atoms with E-state index in [1.54, 1.807) is 7.11 Å². The minimum Gasteiger partial charge on any atom is -0.491 e. The molecular formula is C15H22O3. The maximum atomic E-state index is 10.4. The van der Waals surface area contributed by atoms with Gasteiger partial charge in [0.2, 0.25) is 0 Å². The molecule has 1 aliphatic carbocycles. The lowest BCUT2D eigenvalue weighted by Gasteiger charge is -2.44. The number of hydrogen-bond acceptors (Lipinski definition) is 3. The molecule has 0 aromatic heterocycles. The van der Waals surface area contributed by atoms with Crippen LogP contribution in [0.15, 0.2) is 24.3 Å². The molecule has 1 unspecified atom stereocenters. The van der Waals surface area contributed by atoms with E-state index in [2.05, 4.69) is 0 Å². The molecule has 18 heavy (non-hydrogen) atoms. The zero-order chi connectivity index (χ0) is 13.2. The van der Waals surface area contributed by atoms with Gasteiger partial charge in [-0.15, -0.1) is 0 Å². The van der Waals surface area contributed by atoms with Crippen LogP contribution in [-0.4, -0.2) is 23.9 Å². The van der Waals surface area contributed by atoms with Gasteiger partial charge in [0.1, 0.15) is 11.9 Å². The predicted octanol–water partition coefficient (Wildman–Crippen LogP) is 3.08. The van der Waals surface area contributed by atoms with E-state index in [-0.39, 0.29) is 11.7 Å². The first-order chi connectivity index (χ1) is 8.57. The Morgan fingerprint density at radius 1 is 1.17 bits per heavy atom. The van der Waals surface area contributed by atoms with E-state index < -0.39 is 6.10 Å². The van der Waals surface area contributed by atoms with Crippen LogP contribution in [0, 0.1) is 0 Å². The van der Waals surface area contributed by atoms with Gasteiger partial charge in [-0.05, 0) is 50.8 Å². The number of hydrogen-bond donors (Lipinski definition) is 1. The van der Waals surface area contributed by atoms with Gasteiger partial charge in [-0.25, -0.2) is 0 Å². The highest BCUT2D eigenvalue weighted by molar-refractivity contribution is 5.30. The quantitative estimate of drug-likeness (QED) is 0.872. The Labute approximate surface area is 109 Å². The highest BCUT2D eigenvalue weighted by Gasteiger charge is 2.44. The van der Waals surface area contributed by atoms with Gasteiger partial charge >= 0.3 is 0 Å². The Morgan fingerprint density at radius 3 is 2.17 bits per heavy atom. The third-order valence-electron chi connectivity index (χ3n) is 3.67. The fraction of sp³-hybridized carbons (Fsp3) is 0.600. The van der Waals surface area contributed by atoms with Gasteiger partial charge in [-0.2, -0.15) is 0 Å². The van der Waals surface area contributed by atoms with Crippen LogP contribution in [0.5, 0.6) is 5.75 Å². The summed E-state index contributed by atoms with van der Waals surface area (Å²) in [7, 11) is 1.68. The van der Waals surface area contributed by atoms with Gasteiger partial charge in [0.05, 0.1) is 11.7 Å². The maximum Gasteiger partial charge on any atom is 0.119 e. The Morgan fingerprint density at radius 2 is 1.78 bits per heavy atom.